The number of anilines is 1. The fourth-order valence-electron chi connectivity index (χ4n) is 2.25. The molecule has 1 saturated heterocycles. The monoisotopic (exact) mass is 222 g/mol. The highest BCUT2D eigenvalue weighted by Gasteiger charge is 2.21. The Morgan fingerprint density at radius 2 is 2.50 bits per heavy atom. The Hall–Kier alpha value is -1.03. The van der Waals surface area contributed by atoms with Crippen molar-refractivity contribution in [2.24, 2.45) is 0 Å². The molecule has 1 aromatic rings. The lowest BCUT2D eigenvalue weighted by molar-refractivity contribution is 0.596. The summed E-state index contributed by atoms with van der Waals surface area (Å²) >= 11 is 0. The van der Waals surface area contributed by atoms with Gasteiger partial charge in [0.2, 0.25) is 5.95 Å². The molecule has 16 heavy (non-hydrogen) atoms. The molecule has 0 saturated carbocycles. The third-order valence-corrected chi connectivity index (χ3v) is 3.34. The zero-order valence-corrected chi connectivity index (χ0v) is 10.3. The maximum absolute atomic E-state index is 4.47. The summed E-state index contributed by atoms with van der Waals surface area (Å²) in [4.78, 5) is 6.79. The van der Waals surface area contributed by atoms with Crippen LogP contribution in [0.1, 0.15) is 26.2 Å². The normalized spacial score (nSPS) is 20.2. The molecule has 4 heteroatoms. The average molecular weight is 222 g/mol. The molecular formula is C12H22N4. The summed E-state index contributed by atoms with van der Waals surface area (Å²) in [5, 5.41) is 3.40. The molecule has 2 heterocycles. The number of nitrogens with one attached hydrogen (secondary N) is 1. The van der Waals surface area contributed by atoms with Gasteiger partial charge in [0.05, 0.1) is 0 Å². The quantitative estimate of drug-likeness (QED) is 0.819. The van der Waals surface area contributed by atoms with Gasteiger partial charge in [-0.3, -0.25) is 0 Å². The highest BCUT2D eigenvalue weighted by molar-refractivity contribution is 5.32. The summed E-state index contributed by atoms with van der Waals surface area (Å²) in [5.41, 5.74) is 0. The summed E-state index contributed by atoms with van der Waals surface area (Å²) in [6, 6.07) is 0.600. The molecule has 1 fully saturated rings. The van der Waals surface area contributed by atoms with E-state index >= 15 is 0 Å². The Morgan fingerprint density at radius 3 is 3.19 bits per heavy atom. The van der Waals surface area contributed by atoms with Crippen LogP contribution < -0.4 is 10.2 Å². The van der Waals surface area contributed by atoms with Gasteiger partial charge in [-0.25, -0.2) is 4.98 Å². The predicted octanol–water partition coefficient (Wildman–Crippen LogP) is 1.48. The molecule has 0 aromatic carbocycles. The van der Waals surface area contributed by atoms with Crippen LogP contribution in [0.4, 0.5) is 5.95 Å². The molecule has 1 unspecified atom stereocenters. The van der Waals surface area contributed by atoms with Crippen LogP contribution in [0.3, 0.4) is 0 Å². The standard InChI is InChI=1S/C12H22N4/c1-3-4-8-16-9-7-14-12(16)15(2)11-5-6-13-10-11/h7,9,11,13H,3-6,8,10H2,1-2H3. The van der Waals surface area contributed by atoms with Gasteiger partial charge in [0.15, 0.2) is 0 Å². The van der Waals surface area contributed by atoms with E-state index < -0.39 is 0 Å². The molecule has 1 aromatic heterocycles. The summed E-state index contributed by atoms with van der Waals surface area (Å²) in [6.07, 6.45) is 7.66. The first-order valence-electron chi connectivity index (χ1n) is 6.27. The molecule has 0 bridgehead atoms. The average Bonchev–Trinajstić information content (AvgIpc) is 2.96. The van der Waals surface area contributed by atoms with E-state index in [1.54, 1.807) is 0 Å². The van der Waals surface area contributed by atoms with Crippen molar-refractivity contribution < 1.29 is 0 Å². The van der Waals surface area contributed by atoms with Gasteiger partial charge in [-0.05, 0) is 19.4 Å². The third kappa shape index (κ3) is 2.38. The molecule has 4 nitrogen and oxygen atoms in total. The number of aryl methyl sites for hydroxylation is 1. The second-order valence-corrected chi connectivity index (χ2v) is 4.53. The highest BCUT2D eigenvalue weighted by Crippen LogP contribution is 2.17. The summed E-state index contributed by atoms with van der Waals surface area (Å²) < 4.78 is 2.27. The first-order valence-corrected chi connectivity index (χ1v) is 6.27. The van der Waals surface area contributed by atoms with Crippen LogP contribution in [0.25, 0.3) is 0 Å². The molecule has 0 aliphatic carbocycles. The molecule has 1 aliphatic heterocycles. The number of rotatable bonds is 5. The molecular weight excluding hydrogens is 200 g/mol. The van der Waals surface area contributed by atoms with Gasteiger partial charge in [-0.1, -0.05) is 13.3 Å². The van der Waals surface area contributed by atoms with Crippen LogP contribution in [0.5, 0.6) is 0 Å². The topological polar surface area (TPSA) is 33.1 Å². The minimum Gasteiger partial charge on any atom is -0.341 e. The van der Waals surface area contributed by atoms with E-state index in [0.717, 1.165) is 25.6 Å². The fraction of sp³-hybridized carbons (Fsp3) is 0.750. The lowest BCUT2D eigenvalue weighted by Gasteiger charge is -2.25. The summed E-state index contributed by atoms with van der Waals surface area (Å²) in [7, 11) is 2.16. The molecule has 90 valence electrons. The van der Waals surface area contributed by atoms with Gasteiger partial charge in [0, 0.05) is 38.6 Å². The first kappa shape index (κ1) is 11.5. The number of nitrogens with zero attached hydrogens (tertiary/aromatic N) is 3. The zero-order chi connectivity index (χ0) is 11.4. The summed E-state index contributed by atoms with van der Waals surface area (Å²) in [6.45, 7) is 5.51. The van der Waals surface area contributed by atoms with E-state index in [0.29, 0.717) is 6.04 Å². The lowest BCUT2D eigenvalue weighted by atomic mass is 10.2. The third-order valence-electron chi connectivity index (χ3n) is 3.34. The Bertz CT molecular complexity index is 315. The fourth-order valence-corrected chi connectivity index (χ4v) is 2.25. The van der Waals surface area contributed by atoms with Crippen molar-refractivity contribution in [2.75, 3.05) is 25.0 Å². The van der Waals surface area contributed by atoms with E-state index in [2.05, 4.69) is 39.9 Å². The van der Waals surface area contributed by atoms with Crippen LogP contribution >= 0.6 is 0 Å². The Kier molecular flexibility index (Phi) is 3.83. The highest BCUT2D eigenvalue weighted by atomic mass is 15.3. The Balaban J connectivity index is 2.03. The van der Waals surface area contributed by atoms with Crippen LogP contribution in [0, 0.1) is 0 Å². The van der Waals surface area contributed by atoms with Gasteiger partial charge in [-0.2, -0.15) is 0 Å². The van der Waals surface area contributed by atoms with Gasteiger partial charge >= 0.3 is 0 Å². The number of hydrogen-bond acceptors (Lipinski definition) is 3. The largest absolute Gasteiger partial charge is 0.341 e. The predicted molar refractivity (Wildman–Crippen MR) is 66.8 cm³/mol. The molecule has 0 spiro atoms. The second kappa shape index (κ2) is 5.34. The number of likely N-dealkylation sites (N-methyl/N-ethyl adjacent to an activating group) is 1. The van der Waals surface area contributed by atoms with Crippen molar-refractivity contribution >= 4 is 5.95 Å². The maximum atomic E-state index is 4.47. The smallest absolute Gasteiger partial charge is 0.205 e. The molecule has 1 aliphatic rings. The second-order valence-electron chi connectivity index (χ2n) is 4.53. The van der Waals surface area contributed by atoms with Gasteiger partial charge in [-0.15, -0.1) is 0 Å². The summed E-state index contributed by atoms with van der Waals surface area (Å²) in [5.74, 6) is 1.11. The molecule has 2 rings (SSSR count). The van der Waals surface area contributed by atoms with Crippen LogP contribution in [0.15, 0.2) is 12.4 Å². The minimum atomic E-state index is 0.600. The maximum Gasteiger partial charge on any atom is 0.205 e. The van der Waals surface area contributed by atoms with Gasteiger partial charge in [0.25, 0.3) is 0 Å². The van der Waals surface area contributed by atoms with Gasteiger partial charge < -0.3 is 14.8 Å². The van der Waals surface area contributed by atoms with E-state index in [9.17, 15) is 0 Å². The minimum absolute atomic E-state index is 0.600. The van der Waals surface area contributed by atoms with Crippen molar-refractivity contribution in [3.63, 3.8) is 0 Å². The lowest BCUT2D eigenvalue weighted by Crippen LogP contribution is -2.35. The van der Waals surface area contributed by atoms with Crippen molar-refractivity contribution in [3.8, 4) is 0 Å². The molecule has 1 atom stereocenters. The number of aromatic nitrogens is 2. The van der Waals surface area contributed by atoms with E-state index in [1.165, 1.54) is 19.3 Å². The first-order chi connectivity index (χ1) is 7.83. The van der Waals surface area contributed by atoms with Gasteiger partial charge in [0.1, 0.15) is 0 Å². The van der Waals surface area contributed by atoms with Crippen molar-refractivity contribution in [1.29, 1.82) is 0 Å². The van der Waals surface area contributed by atoms with E-state index in [4.69, 9.17) is 0 Å². The molecule has 0 radical (unpaired) electrons. The van der Waals surface area contributed by atoms with Crippen LogP contribution in [0.2, 0.25) is 0 Å². The number of hydrogen-bond donors (Lipinski definition) is 1. The molecule has 1 N–H and O–H groups in total. The Labute approximate surface area is 97.7 Å². The Morgan fingerprint density at radius 1 is 1.62 bits per heavy atom. The van der Waals surface area contributed by atoms with Crippen molar-refractivity contribution in [3.05, 3.63) is 12.4 Å². The molecule has 0 amide bonds. The van der Waals surface area contributed by atoms with Crippen molar-refractivity contribution in [2.45, 2.75) is 38.8 Å². The SMILES string of the molecule is CCCCn1ccnc1N(C)C1CCNC1. The van der Waals surface area contributed by atoms with Crippen LogP contribution in [-0.4, -0.2) is 35.7 Å². The van der Waals surface area contributed by atoms with Crippen molar-refractivity contribution in [1.82, 2.24) is 14.9 Å². The number of imidazole rings is 1. The number of unbranched alkanes of at least 4 members (excludes halogenated alkanes) is 1. The van der Waals surface area contributed by atoms with Crippen LogP contribution in [-0.2, 0) is 6.54 Å². The van der Waals surface area contributed by atoms with E-state index in [-0.39, 0.29) is 0 Å². The zero-order valence-electron chi connectivity index (χ0n) is 10.3. The van der Waals surface area contributed by atoms with E-state index in [1.807, 2.05) is 6.20 Å².